The quantitative estimate of drug-likeness (QED) is 0.272. The van der Waals surface area contributed by atoms with Crippen molar-refractivity contribution in [1.29, 1.82) is 0 Å². The van der Waals surface area contributed by atoms with Gasteiger partial charge in [-0.05, 0) is 88.6 Å². The highest BCUT2D eigenvalue weighted by molar-refractivity contribution is 5.99. The van der Waals surface area contributed by atoms with E-state index in [0.717, 1.165) is 41.5 Å². The van der Waals surface area contributed by atoms with Gasteiger partial charge in [0.1, 0.15) is 17.7 Å². The maximum atomic E-state index is 14.3. The molecule has 0 saturated heterocycles. The van der Waals surface area contributed by atoms with Crippen LogP contribution < -0.4 is 10.6 Å². The highest BCUT2D eigenvalue weighted by Gasteiger charge is 2.36. The van der Waals surface area contributed by atoms with Crippen molar-refractivity contribution >= 4 is 23.6 Å². The molecule has 2 aromatic carbocycles. The molecule has 0 aromatic heterocycles. The molecule has 0 heterocycles. The molecule has 2 unspecified atom stereocenters. The molecule has 0 bridgehead atoms. The molecule has 3 amide bonds. The fraction of sp³-hybridized carbons (Fsp3) is 0.545. The van der Waals surface area contributed by atoms with Gasteiger partial charge in [-0.25, -0.2) is 4.79 Å². The van der Waals surface area contributed by atoms with E-state index in [-0.39, 0.29) is 17.7 Å². The van der Waals surface area contributed by atoms with Crippen molar-refractivity contribution in [3.63, 3.8) is 0 Å². The van der Waals surface area contributed by atoms with Crippen molar-refractivity contribution in [3.8, 4) is 0 Å². The Labute approximate surface area is 241 Å². The Kier molecular flexibility index (Phi) is 12.2. The van der Waals surface area contributed by atoms with Crippen molar-refractivity contribution in [2.45, 2.75) is 106 Å². The number of benzene rings is 2. The number of carbonyl (C=O) groups is 3. The van der Waals surface area contributed by atoms with Crippen LogP contribution in [-0.2, 0) is 14.3 Å². The van der Waals surface area contributed by atoms with Crippen LogP contribution in [0.1, 0.15) is 95.5 Å². The first-order chi connectivity index (χ1) is 18.7. The molecule has 40 heavy (non-hydrogen) atoms. The number of ether oxygens (including phenoxy) is 1. The van der Waals surface area contributed by atoms with Gasteiger partial charge in [-0.3, -0.25) is 9.59 Å². The summed E-state index contributed by atoms with van der Waals surface area (Å²) in [5.74, 6) is -0.455. The number of rotatable bonds is 12. The lowest BCUT2D eigenvalue weighted by atomic mass is 9.96. The molecule has 2 aromatic rings. The summed E-state index contributed by atoms with van der Waals surface area (Å²) in [5, 5.41) is 5.89. The van der Waals surface area contributed by atoms with Crippen molar-refractivity contribution in [2.75, 3.05) is 11.9 Å². The van der Waals surface area contributed by atoms with Crippen molar-refractivity contribution in [3.05, 3.63) is 64.7 Å². The van der Waals surface area contributed by atoms with Crippen LogP contribution in [-0.4, -0.2) is 41.0 Å². The summed E-state index contributed by atoms with van der Waals surface area (Å²) < 4.78 is 5.49. The monoisotopic (exact) mass is 551 g/mol. The number of amides is 3. The van der Waals surface area contributed by atoms with E-state index in [1.54, 1.807) is 25.7 Å². The Morgan fingerprint density at radius 3 is 2.17 bits per heavy atom. The molecule has 7 nitrogen and oxygen atoms in total. The van der Waals surface area contributed by atoms with Gasteiger partial charge in [0, 0.05) is 12.2 Å². The van der Waals surface area contributed by atoms with E-state index < -0.39 is 23.8 Å². The molecular formula is C33H49N3O4. The molecule has 0 aliphatic rings. The molecule has 0 saturated carbocycles. The van der Waals surface area contributed by atoms with Crippen molar-refractivity contribution in [1.82, 2.24) is 10.2 Å². The van der Waals surface area contributed by atoms with Gasteiger partial charge in [-0.1, -0.05) is 70.0 Å². The summed E-state index contributed by atoms with van der Waals surface area (Å²) in [6.45, 7) is 17.8. The van der Waals surface area contributed by atoms with E-state index in [0.29, 0.717) is 18.7 Å². The number of para-hydroxylation sites is 1. The fourth-order valence-electron chi connectivity index (χ4n) is 4.56. The maximum Gasteiger partial charge on any atom is 0.408 e. The number of hydrogen-bond acceptors (Lipinski definition) is 4. The number of nitrogens with one attached hydrogen (secondary N) is 2. The van der Waals surface area contributed by atoms with Gasteiger partial charge in [0.2, 0.25) is 5.91 Å². The molecule has 2 atom stereocenters. The zero-order valence-electron chi connectivity index (χ0n) is 25.9. The van der Waals surface area contributed by atoms with Crippen LogP contribution in [0.3, 0.4) is 0 Å². The first kappa shape index (κ1) is 32.9. The standard InChI is InChI=1S/C33H49N3O4/c1-10-11-14-19-36(31(38)28(20-22(2)3)35-32(39)40-33(7,8)9)29(26-18-17-23(4)25(6)21-26)30(37)34-27-16-13-12-15-24(27)5/h12-13,15-18,21-22,28-29H,10-11,14,19-20H2,1-9H3,(H,34,37)(H,35,39). The molecular weight excluding hydrogens is 502 g/mol. The normalized spacial score (nSPS) is 12.9. The lowest BCUT2D eigenvalue weighted by Gasteiger charge is -2.35. The Balaban J connectivity index is 2.58. The summed E-state index contributed by atoms with van der Waals surface area (Å²) >= 11 is 0. The van der Waals surface area contributed by atoms with Gasteiger partial charge >= 0.3 is 6.09 Å². The largest absolute Gasteiger partial charge is 0.444 e. The Morgan fingerprint density at radius 2 is 1.60 bits per heavy atom. The van der Waals surface area contributed by atoms with Gasteiger partial charge in [-0.15, -0.1) is 0 Å². The van der Waals surface area contributed by atoms with Crippen LogP contribution in [0.2, 0.25) is 0 Å². The van der Waals surface area contributed by atoms with Crippen molar-refractivity contribution in [2.24, 2.45) is 5.92 Å². The second-order valence-corrected chi connectivity index (χ2v) is 12.1. The average molecular weight is 552 g/mol. The smallest absolute Gasteiger partial charge is 0.408 e. The first-order valence-corrected chi connectivity index (χ1v) is 14.5. The van der Waals surface area contributed by atoms with Crippen LogP contribution in [0.4, 0.5) is 10.5 Å². The lowest BCUT2D eigenvalue weighted by molar-refractivity contribution is -0.141. The zero-order valence-corrected chi connectivity index (χ0v) is 25.9. The Morgan fingerprint density at radius 1 is 0.925 bits per heavy atom. The summed E-state index contributed by atoms with van der Waals surface area (Å²) in [4.78, 5) is 42.9. The molecule has 7 heteroatoms. The zero-order chi connectivity index (χ0) is 30.0. The fourth-order valence-corrected chi connectivity index (χ4v) is 4.56. The van der Waals surface area contributed by atoms with E-state index in [9.17, 15) is 14.4 Å². The van der Waals surface area contributed by atoms with E-state index in [4.69, 9.17) is 4.74 Å². The van der Waals surface area contributed by atoms with Gasteiger partial charge in [0.15, 0.2) is 0 Å². The summed E-state index contributed by atoms with van der Waals surface area (Å²) in [5.41, 5.74) is 3.81. The summed E-state index contributed by atoms with van der Waals surface area (Å²) in [7, 11) is 0. The number of alkyl carbamates (subject to hydrolysis) is 1. The summed E-state index contributed by atoms with van der Waals surface area (Å²) in [6, 6.07) is 11.8. The third-order valence-electron chi connectivity index (χ3n) is 6.79. The van der Waals surface area contributed by atoms with Crippen LogP contribution in [0.15, 0.2) is 42.5 Å². The molecule has 220 valence electrons. The van der Waals surface area contributed by atoms with Gasteiger partial charge in [0.05, 0.1) is 0 Å². The molecule has 2 N–H and O–H groups in total. The topological polar surface area (TPSA) is 87.7 Å². The molecule has 0 radical (unpaired) electrons. The molecule has 0 aliphatic carbocycles. The van der Waals surface area contributed by atoms with Gasteiger partial charge < -0.3 is 20.3 Å². The highest BCUT2D eigenvalue weighted by atomic mass is 16.6. The second-order valence-electron chi connectivity index (χ2n) is 12.1. The first-order valence-electron chi connectivity index (χ1n) is 14.5. The van der Waals surface area contributed by atoms with Crippen LogP contribution in [0, 0.1) is 26.7 Å². The van der Waals surface area contributed by atoms with Crippen LogP contribution >= 0.6 is 0 Å². The average Bonchev–Trinajstić information content (AvgIpc) is 2.84. The predicted molar refractivity (Wildman–Crippen MR) is 162 cm³/mol. The molecule has 0 aliphatic heterocycles. The number of unbranched alkanes of at least 4 members (excludes halogenated alkanes) is 2. The lowest BCUT2D eigenvalue weighted by Crippen LogP contribution is -2.53. The third kappa shape index (κ3) is 10.00. The van der Waals surface area contributed by atoms with Gasteiger partial charge in [-0.2, -0.15) is 0 Å². The van der Waals surface area contributed by atoms with E-state index in [1.807, 2.05) is 77.1 Å². The minimum absolute atomic E-state index is 0.127. The minimum atomic E-state index is -0.877. The Hall–Kier alpha value is -3.35. The van der Waals surface area contributed by atoms with E-state index >= 15 is 0 Å². The number of carbonyl (C=O) groups excluding carboxylic acids is 3. The summed E-state index contributed by atoms with van der Waals surface area (Å²) in [6.07, 6.45) is 2.39. The maximum absolute atomic E-state index is 14.3. The number of nitrogens with zero attached hydrogens (tertiary/aromatic N) is 1. The number of hydrogen-bond donors (Lipinski definition) is 2. The highest BCUT2D eigenvalue weighted by Crippen LogP contribution is 2.28. The SMILES string of the molecule is CCCCCN(C(=O)C(CC(C)C)NC(=O)OC(C)(C)C)C(C(=O)Nc1ccccc1C)c1ccc(C)c(C)c1. The second kappa shape index (κ2) is 14.9. The molecule has 2 rings (SSSR count). The van der Waals surface area contributed by atoms with E-state index in [2.05, 4.69) is 17.6 Å². The van der Waals surface area contributed by atoms with Crippen LogP contribution in [0.25, 0.3) is 0 Å². The predicted octanol–water partition coefficient (Wildman–Crippen LogP) is 7.25. The third-order valence-corrected chi connectivity index (χ3v) is 6.79. The minimum Gasteiger partial charge on any atom is -0.444 e. The van der Waals surface area contributed by atoms with E-state index in [1.165, 1.54) is 0 Å². The number of anilines is 1. The van der Waals surface area contributed by atoms with Gasteiger partial charge in [0.25, 0.3) is 5.91 Å². The van der Waals surface area contributed by atoms with Crippen molar-refractivity contribution < 1.29 is 19.1 Å². The Bertz CT molecular complexity index is 1150. The molecule has 0 spiro atoms. The molecule has 0 fully saturated rings. The number of aryl methyl sites for hydroxylation is 3. The van der Waals surface area contributed by atoms with Crippen LogP contribution in [0.5, 0.6) is 0 Å².